The lowest BCUT2D eigenvalue weighted by molar-refractivity contribution is -0.139. The Morgan fingerprint density at radius 2 is 1.91 bits per heavy atom. The van der Waals surface area contributed by atoms with E-state index in [0.29, 0.717) is 0 Å². The van der Waals surface area contributed by atoms with Crippen LogP contribution in [-0.4, -0.2) is 33.9 Å². The fraction of sp³-hybridized carbons (Fsp3) is 0.429. The van der Waals surface area contributed by atoms with E-state index >= 15 is 0 Å². The molecule has 1 aromatic carbocycles. The number of aromatic hydroxyl groups is 1. The number of amides is 1. The van der Waals surface area contributed by atoms with E-state index in [0.717, 1.165) is 0 Å². The fourth-order valence-electron chi connectivity index (χ4n) is 1.64. The fourth-order valence-corrected chi connectivity index (χ4v) is 2.18. The van der Waals surface area contributed by atoms with Gasteiger partial charge >= 0.3 is 12.1 Å². The highest BCUT2D eigenvalue weighted by Crippen LogP contribution is 2.31. The Labute approximate surface area is 138 Å². The number of hydrogen-bond donors (Lipinski definition) is 3. The summed E-state index contributed by atoms with van der Waals surface area (Å²) in [6.45, 7) is 4.97. The van der Waals surface area contributed by atoms with Crippen LogP contribution in [0.2, 0.25) is 10.0 Å². The lowest BCUT2D eigenvalue weighted by Gasteiger charge is -2.22. The van der Waals surface area contributed by atoms with E-state index in [9.17, 15) is 19.8 Å². The molecule has 1 aromatic rings. The third-order valence-electron chi connectivity index (χ3n) is 2.52. The van der Waals surface area contributed by atoms with Crippen molar-refractivity contribution < 1.29 is 24.5 Å². The Bertz CT molecular complexity index is 583. The number of rotatable bonds is 4. The van der Waals surface area contributed by atoms with E-state index < -0.39 is 23.7 Å². The highest BCUT2D eigenvalue weighted by atomic mass is 35.5. The molecule has 6 nitrogen and oxygen atoms in total. The van der Waals surface area contributed by atoms with Gasteiger partial charge in [-0.15, -0.1) is 0 Å². The summed E-state index contributed by atoms with van der Waals surface area (Å²) in [6.07, 6.45) is -1.06. The second-order valence-electron chi connectivity index (χ2n) is 5.64. The number of hydrogen-bond acceptors (Lipinski definition) is 4. The summed E-state index contributed by atoms with van der Waals surface area (Å²) in [7, 11) is 0. The van der Waals surface area contributed by atoms with Crippen LogP contribution in [0.5, 0.6) is 5.75 Å². The number of phenols is 1. The maximum absolute atomic E-state index is 11.7. The number of carboxylic acid groups (broad SMARTS) is 1. The molecule has 0 saturated carbocycles. The van der Waals surface area contributed by atoms with Crippen molar-refractivity contribution in [3.8, 4) is 5.75 Å². The Balaban J connectivity index is 2.90. The summed E-state index contributed by atoms with van der Waals surface area (Å²) in [4.78, 5) is 22.9. The quantitative estimate of drug-likeness (QED) is 0.775. The minimum Gasteiger partial charge on any atom is -0.506 e. The van der Waals surface area contributed by atoms with Gasteiger partial charge in [0.25, 0.3) is 0 Å². The Morgan fingerprint density at radius 1 is 1.32 bits per heavy atom. The molecule has 0 aliphatic heterocycles. The van der Waals surface area contributed by atoms with Crippen molar-refractivity contribution in [3.63, 3.8) is 0 Å². The van der Waals surface area contributed by atoms with Crippen LogP contribution in [0.4, 0.5) is 4.79 Å². The van der Waals surface area contributed by atoms with Gasteiger partial charge in [0.1, 0.15) is 17.4 Å². The third-order valence-corrected chi connectivity index (χ3v) is 3.03. The molecular formula is C14H17Cl2NO5. The molecule has 0 saturated heterocycles. The number of phenolic OH excluding ortho intramolecular Hbond substituents is 1. The van der Waals surface area contributed by atoms with Crippen molar-refractivity contribution in [3.05, 3.63) is 27.7 Å². The summed E-state index contributed by atoms with van der Waals surface area (Å²) < 4.78 is 5.01. The average molecular weight is 350 g/mol. The van der Waals surface area contributed by atoms with Crippen LogP contribution in [0.3, 0.4) is 0 Å². The van der Waals surface area contributed by atoms with Gasteiger partial charge in [-0.1, -0.05) is 23.2 Å². The Hall–Kier alpha value is -1.66. The van der Waals surface area contributed by atoms with Crippen LogP contribution in [0.1, 0.15) is 26.3 Å². The minimum absolute atomic E-state index is 0.00362. The first-order valence-electron chi connectivity index (χ1n) is 6.39. The zero-order valence-corrected chi connectivity index (χ0v) is 13.8. The van der Waals surface area contributed by atoms with Gasteiger partial charge in [-0.3, -0.25) is 0 Å². The molecule has 1 amide bonds. The van der Waals surface area contributed by atoms with Crippen molar-refractivity contribution in [2.45, 2.75) is 38.8 Å². The summed E-state index contributed by atoms with van der Waals surface area (Å²) >= 11 is 11.6. The predicted octanol–water partition coefficient (Wildman–Crippen LogP) is 3.22. The van der Waals surface area contributed by atoms with Crippen LogP contribution in [-0.2, 0) is 16.0 Å². The van der Waals surface area contributed by atoms with Gasteiger partial charge in [0.15, 0.2) is 0 Å². The largest absolute Gasteiger partial charge is 0.506 e. The topological polar surface area (TPSA) is 95.9 Å². The SMILES string of the molecule is CC(C)(C)OC(=O)NC(Cc1cc(Cl)cc(Cl)c1O)C(=O)O. The van der Waals surface area contributed by atoms with Crippen LogP contribution in [0.25, 0.3) is 0 Å². The zero-order chi connectivity index (χ0) is 17.1. The van der Waals surface area contributed by atoms with Crippen LogP contribution < -0.4 is 5.32 Å². The maximum atomic E-state index is 11.7. The third kappa shape index (κ3) is 5.61. The predicted molar refractivity (Wildman–Crippen MR) is 82.6 cm³/mol. The number of carbonyl (C=O) groups is 2. The number of benzene rings is 1. The molecule has 22 heavy (non-hydrogen) atoms. The first-order valence-corrected chi connectivity index (χ1v) is 7.14. The van der Waals surface area contributed by atoms with Crippen molar-refractivity contribution in [1.82, 2.24) is 5.32 Å². The average Bonchev–Trinajstić information content (AvgIpc) is 2.31. The monoisotopic (exact) mass is 349 g/mol. The van der Waals surface area contributed by atoms with Gasteiger partial charge in [-0.2, -0.15) is 0 Å². The molecule has 3 N–H and O–H groups in total. The highest BCUT2D eigenvalue weighted by Gasteiger charge is 2.25. The lowest BCUT2D eigenvalue weighted by atomic mass is 10.0. The molecule has 1 atom stereocenters. The van der Waals surface area contributed by atoms with Crippen molar-refractivity contribution in [2.24, 2.45) is 0 Å². The molecule has 0 aromatic heterocycles. The molecule has 0 spiro atoms. The molecule has 0 heterocycles. The zero-order valence-electron chi connectivity index (χ0n) is 12.3. The molecule has 122 valence electrons. The summed E-state index contributed by atoms with van der Waals surface area (Å²) in [5, 5.41) is 21.5. The van der Waals surface area contributed by atoms with Crippen LogP contribution in [0.15, 0.2) is 12.1 Å². The van der Waals surface area contributed by atoms with Gasteiger partial charge in [0.05, 0.1) is 5.02 Å². The second kappa shape index (κ2) is 7.07. The van der Waals surface area contributed by atoms with Gasteiger partial charge in [0, 0.05) is 11.4 Å². The normalized spacial score (nSPS) is 12.6. The molecule has 0 bridgehead atoms. The Morgan fingerprint density at radius 3 is 2.41 bits per heavy atom. The molecular weight excluding hydrogens is 333 g/mol. The molecule has 1 unspecified atom stereocenters. The highest BCUT2D eigenvalue weighted by molar-refractivity contribution is 6.35. The van der Waals surface area contributed by atoms with Gasteiger partial charge in [-0.25, -0.2) is 9.59 Å². The van der Waals surface area contributed by atoms with E-state index in [1.807, 2.05) is 0 Å². The molecule has 1 rings (SSSR count). The number of halogens is 2. The van der Waals surface area contributed by atoms with Gasteiger partial charge in [0.2, 0.25) is 0 Å². The molecule has 0 radical (unpaired) electrons. The molecule has 8 heteroatoms. The number of aliphatic carboxylic acids is 1. The Kier molecular flexibility index (Phi) is 5.91. The summed E-state index contributed by atoms with van der Waals surface area (Å²) in [5.74, 6) is -1.55. The maximum Gasteiger partial charge on any atom is 0.408 e. The number of carbonyl (C=O) groups excluding carboxylic acids is 1. The summed E-state index contributed by atoms with van der Waals surface area (Å²) in [5.41, 5.74) is -0.546. The first kappa shape index (κ1) is 18.4. The standard InChI is InChI=1S/C14H17Cl2NO5/c1-14(2,3)22-13(21)17-10(12(19)20)5-7-4-8(15)6-9(16)11(7)18/h4,6,10,18H,5H2,1-3H3,(H,17,21)(H,19,20). The first-order chi connectivity index (χ1) is 9.99. The summed E-state index contributed by atoms with van der Waals surface area (Å²) in [6, 6.07) is 1.42. The van der Waals surface area contributed by atoms with Crippen molar-refractivity contribution in [1.29, 1.82) is 0 Å². The number of ether oxygens (including phenoxy) is 1. The number of nitrogens with one attached hydrogen (secondary N) is 1. The number of alkyl carbamates (subject to hydrolysis) is 1. The van der Waals surface area contributed by atoms with E-state index in [4.69, 9.17) is 27.9 Å². The van der Waals surface area contributed by atoms with Crippen molar-refractivity contribution >= 4 is 35.3 Å². The van der Waals surface area contributed by atoms with Gasteiger partial charge in [-0.05, 0) is 38.5 Å². The van der Waals surface area contributed by atoms with Crippen molar-refractivity contribution in [2.75, 3.05) is 0 Å². The van der Waals surface area contributed by atoms with Gasteiger partial charge < -0.3 is 20.3 Å². The molecule has 0 aliphatic rings. The van der Waals surface area contributed by atoms with E-state index in [1.54, 1.807) is 20.8 Å². The minimum atomic E-state index is -1.30. The van der Waals surface area contributed by atoms with Crippen LogP contribution in [0, 0.1) is 0 Å². The van der Waals surface area contributed by atoms with Crippen LogP contribution >= 0.6 is 23.2 Å². The molecule has 0 aliphatic carbocycles. The second-order valence-corrected chi connectivity index (χ2v) is 6.48. The van der Waals surface area contributed by atoms with E-state index in [1.165, 1.54) is 12.1 Å². The number of carboxylic acids is 1. The van der Waals surface area contributed by atoms with E-state index in [-0.39, 0.29) is 27.8 Å². The van der Waals surface area contributed by atoms with E-state index in [2.05, 4.69) is 5.32 Å². The molecule has 0 fully saturated rings. The smallest absolute Gasteiger partial charge is 0.408 e. The lowest BCUT2D eigenvalue weighted by Crippen LogP contribution is -2.44.